The summed E-state index contributed by atoms with van der Waals surface area (Å²) >= 11 is 1.36. The molecule has 0 saturated heterocycles. The van der Waals surface area contributed by atoms with Crippen LogP contribution >= 0.6 is 11.3 Å². The number of thiophene rings is 1. The van der Waals surface area contributed by atoms with Gasteiger partial charge in [0.25, 0.3) is 17.7 Å². The van der Waals surface area contributed by atoms with Crippen molar-refractivity contribution in [1.82, 2.24) is 5.32 Å². The minimum absolute atomic E-state index is 0.0722. The Kier molecular flexibility index (Phi) is 7.19. The van der Waals surface area contributed by atoms with E-state index in [1.54, 1.807) is 48.5 Å². The van der Waals surface area contributed by atoms with E-state index in [1.807, 2.05) is 18.4 Å². The van der Waals surface area contributed by atoms with Gasteiger partial charge in [-0.3, -0.25) is 14.4 Å². The van der Waals surface area contributed by atoms with Crippen LogP contribution < -0.4 is 16.0 Å². The number of hydrogen-bond acceptors (Lipinski definition) is 4. The first kappa shape index (κ1) is 22.7. The molecule has 3 aromatic rings. The van der Waals surface area contributed by atoms with Crippen LogP contribution in [0.4, 0.5) is 11.4 Å². The lowest BCUT2D eigenvalue weighted by atomic mass is 9.95. The lowest BCUT2D eigenvalue weighted by molar-refractivity contribution is 0.0926. The largest absolute Gasteiger partial charge is 0.349 e. The highest BCUT2D eigenvalue weighted by Crippen LogP contribution is 2.21. The van der Waals surface area contributed by atoms with E-state index in [1.165, 1.54) is 17.8 Å². The van der Waals surface area contributed by atoms with Crippen molar-refractivity contribution in [2.75, 3.05) is 10.6 Å². The molecule has 33 heavy (non-hydrogen) atoms. The monoisotopic (exact) mass is 461 g/mol. The van der Waals surface area contributed by atoms with Gasteiger partial charge in [0.2, 0.25) is 0 Å². The van der Waals surface area contributed by atoms with Crippen molar-refractivity contribution in [2.45, 2.75) is 45.1 Å². The maximum absolute atomic E-state index is 12.8. The molecule has 0 spiro atoms. The first-order chi connectivity index (χ1) is 16.0. The Morgan fingerprint density at radius 1 is 0.818 bits per heavy atom. The molecule has 7 heteroatoms. The molecule has 2 aromatic carbocycles. The van der Waals surface area contributed by atoms with Crippen LogP contribution in [0, 0.1) is 6.92 Å². The quantitative estimate of drug-likeness (QED) is 0.445. The Bertz CT molecular complexity index is 1150. The van der Waals surface area contributed by atoms with Gasteiger partial charge < -0.3 is 16.0 Å². The fraction of sp³-hybridized carbons (Fsp3) is 0.269. The first-order valence-corrected chi connectivity index (χ1v) is 12.1. The summed E-state index contributed by atoms with van der Waals surface area (Å²) in [5.74, 6) is -0.567. The second-order valence-corrected chi connectivity index (χ2v) is 9.25. The van der Waals surface area contributed by atoms with E-state index in [-0.39, 0.29) is 23.8 Å². The number of nitrogens with one attached hydrogen (secondary N) is 3. The number of carbonyl (C=O) groups is 3. The number of anilines is 2. The van der Waals surface area contributed by atoms with E-state index in [0.29, 0.717) is 27.4 Å². The van der Waals surface area contributed by atoms with Crippen LogP contribution in [0.15, 0.2) is 60.0 Å². The highest BCUT2D eigenvalue weighted by atomic mass is 32.1. The molecule has 0 unspecified atom stereocenters. The maximum Gasteiger partial charge on any atom is 0.265 e. The van der Waals surface area contributed by atoms with Gasteiger partial charge >= 0.3 is 0 Å². The third-order valence-electron chi connectivity index (χ3n) is 5.80. The van der Waals surface area contributed by atoms with Gasteiger partial charge in [-0.1, -0.05) is 31.4 Å². The number of benzene rings is 2. The van der Waals surface area contributed by atoms with Gasteiger partial charge in [0.05, 0.1) is 4.88 Å². The predicted octanol–water partition coefficient (Wildman–Crippen LogP) is 5.62. The summed E-state index contributed by atoms with van der Waals surface area (Å²) in [5, 5.41) is 10.7. The molecule has 3 N–H and O–H groups in total. The van der Waals surface area contributed by atoms with Crippen molar-refractivity contribution >= 4 is 40.4 Å². The zero-order chi connectivity index (χ0) is 23.2. The standard InChI is InChI=1S/C26H27N3O3S/c1-17-15-19(24(30)27-20-8-3-2-4-9-20)12-13-22(17)29-25(31)18-7-5-10-21(16-18)28-26(32)23-11-6-14-33-23/h5-7,10-16,20H,2-4,8-9H2,1H3,(H,27,30)(H,28,32)(H,29,31). The number of aryl methyl sites for hydroxylation is 1. The molecule has 0 bridgehead atoms. The number of amides is 3. The second kappa shape index (κ2) is 10.4. The van der Waals surface area contributed by atoms with Gasteiger partial charge in [-0.15, -0.1) is 11.3 Å². The van der Waals surface area contributed by atoms with Crippen LogP contribution in [0.3, 0.4) is 0 Å². The molecule has 6 nitrogen and oxygen atoms in total. The summed E-state index contributed by atoms with van der Waals surface area (Å²) in [4.78, 5) is 38.3. The highest BCUT2D eigenvalue weighted by molar-refractivity contribution is 7.12. The SMILES string of the molecule is Cc1cc(C(=O)NC2CCCCC2)ccc1NC(=O)c1cccc(NC(=O)c2cccs2)c1. The topological polar surface area (TPSA) is 87.3 Å². The van der Waals surface area contributed by atoms with Gasteiger partial charge in [0, 0.05) is 28.5 Å². The minimum atomic E-state index is -0.287. The lowest BCUT2D eigenvalue weighted by Gasteiger charge is -2.23. The van der Waals surface area contributed by atoms with Crippen molar-refractivity contribution in [3.8, 4) is 0 Å². The molecule has 1 aromatic heterocycles. The molecular formula is C26H27N3O3S. The molecule has 170 valence electrons. The lowest BCUT2D eigenvalue weighted by Crippen LogP contribution is -2.36. The summed E-state index contributed by atoms with van der Waals surface area (Å²) in [7, 11) is 0. The van der Waals surface area contributed by atoms with Crippen LogP contribution in [-0.2, 0) is 0 Å². The molecule has 0 radical (unpaired) electrons. The molecule has 4 rings (SSSR count). The second-order valence-electron chi connectivity index (χ2n) is 8.30. The van der Waals surface area contributed by atoms with Gasteiger partial charge in [0.15, 0.2) is 0 Å². The Hall–Kier alpha value is -3.45. The molecular weight excluding hydrogens is 434 g/mol. The van der Waals surface area contributed by atoms with Crippen molar-refractivity contribution in [3.05, 3.63) is 81.5 Å². The van der Waals surface area contributed by atoms with E-state index in [0.717, 1.165) is 31.2 Å². The summed E-state index contributed by atoms with van der Waals surface area (Å²) < 4.78 is 0. The smallest absolute Gasteiger partial charge is 0.265 e. The molecule has 1 aliphatic carbocycles. The summed E-state index contributed by atoms with van der Waals surface area (Å²) in [6.45, 7) is 1.87. The van der Waals surface area contributed by atoms with E-state index in [2.05, 4.69) is 16.0 Å². The third kappa shape index (κ3) is 5.87. The van der Waals surface area contributed by atoms with Gasteiger partial charge in [-0.25, -0.2) is 0 Å². The van der Waals surface area contributed by atoms with Gasteiger partial charge in [-0.05, 0) is 73.2 Å². The molecule has 0 atom stereocenters. The normalized spacial score (nSPS) is 13.8. The van der Waals surface area contributed by atoms with Crippen molar-refractivity contribution < 1.29 is 14.4 Å². The molecule has 0 aliphatic heterocycles. The van der Waals surface area contributed by atoms with Crippen LogP contribution in [0.5, 0.6) is 0 Å². The zero-order valence-electron chi connectivity index (χ0n) is 18.5. The van der Waals surface area contributed by atoms with Crippen LogP contribution in [0.2, 0.25) is 0 Å². The molecule has 1 aliphatic rings. The summed E-state index contributed by atoms with van der Waals surface area (Å²) in [6, 6.07) is 15.9. The molecule has 3 amide bonds. The summed E-state index contributed by atoms with van der Waals surface area (Å²) in [5.41, 5.74) is 3.02. The van der Waals surface area contributed by atoms with E-state index >= 15 is 0 Å². The Morgan fingerprint density at radius 3 is 2.33 bits per heavy atom. The highest BCUT2D eigenvalue weighted by Gasteiger charge is 2.17. The van der Waals surface area contributed by atoms with Gasteiger partial charge in [0.1, 0.15) is 0 Å². The van der Waals surface area contributed by atoms with Crippen LogP contribution in [-0.4, -0.2) is 23.8 Å². The number of rotatable bonds is 6. The zero-order valence-corrected chi connectivity index (χ0v) is 19.3. The Labute approximate surface area is 197 Å². The average molecular weight is 462 g/mol. The molecule has 1 heterocycles. The van der Waals surface area contributed by atoms with Crippen LogP contribution in [0.1, 0.15) is 68.1 Å². The predicted molar refractivity (Wildman–Crippen MR) is 132 cm³/mol. The minimum Gasteiger partial charge on any atom is -0.349 e. The van der Waals surface area contributed by atoms with E-state index < -0.39 is 0 Å². The van der Waals surface area contributed by atoms with E-state index in [9.17, 15) is 14.4 Å². The fourth-order valence-electron chi connectivity index (χ4n) is 3.99. The van der Waals surface area contributed by atoms with Crippen LogP contribution in [0.25, 0.3) is 0 Å². The number of carbonyl (C=O) groups excluding carboxylic acids is 3. The Morgan fingerprint density at radius 2 is 1.61 bits per heavy atom. The van der Waals surface area contributed by atoms with Crippen molar-refractivity contribution in [3.63, 3.8) is 0 Å². The van der Waals surface area contributed by atoms with E-state index in [4.69, 9.17) is 0 Å². The Balaban J connectivity index is 1.40. The summed E-state index contributed by atoms with van der Waals surface area (Å²) in [6.07, 6.45) is 5.63. The van der Waals surface area contributed by atoms with Gasteiger partial charge in [-0.2, -0.15) is 0 Å². The van der Waals surface area contributed by atoms with Crippen molar-refractivity contribution in [2.24, 2.45) is 0 Å². The fourth-order valence-corrected chi connectivity index (χ4v) is 4.61. The van der Waals surface area contributed by atoms with Crippen molar-refractivity contribution in [1.29, 1.82) is 0 Å². The molecule has 1 saturated carbocycles. The number of hydrogen-bond donors (Lipinski definition) is 3. The third-order valence-corrected chi connectivity index (χ3v) is 6.67. The average Bonchev–Trinajstić information content (AvgIpc) is 3.36. The first-order valence-electron chi connectivity index (χ1n) is 11.2. The molecule has 1 fully saturated rings. The maximum atomic E-state index is 12.8.